The van der Waals surface area contributed by atoms with Crippen LogP contribution in [-0.2, 0) is 0 Å². The average Bonchev–Trinajstić information content (AvgIpc) is 2.92. The van der Waals surface area contributed by atoms with Crippen LogP contribution in [0.4, 0.5) is 0 Å². The third-order valence-corrected chi connectivity index (χ3v) is 4.53. The SMILES string of the molecule is Clc1nccn2c([C@H]3[C@@H]4CCCC[C@@H]43)nnc12. The highest BCUT2D eigenvalue weighted by Crippen LogP contribution is 2.60. The standard InChI is InChI=1S/C12H13ClN4/c13-10-12-16-15-11(17(12)6-5-14-10)9-7-3-1-2-4-8(7)9/h5-9H,1-4H2/t7-,8+,9+. The van der Waals surface area contributed by atoms with Crippen molar-refractivity contribution in [1.29, 1.82) is 0 Å². The minimum atomic E-state index is 0.440. The first kappa shape index (κ1) is 9.83. The van der Waals surface area contributed by atoms with E-state index in [1.165, 1.54) is 25.7 Å². The van der Waals surface area contributed by atoms with Gasteiger partial charge in [-0.25, -0.2) is 4.98 Å². The fourth-order valence-electron chi connectivity index (χ4n) is 3.42. The van der Waals surface area contributed by atoms with Gasteiger partial charge >= 0.3 is 0 Å². The van der Waals surface area contributed by atoms with E-state index in [0.717, 1.165) is 17.7 Å². The summed E-state index contributed by atoms with van der Waals surface area (Å²) < 4.78 is 2.01. The summed E-state index contributed by atoms with van der Waals surface area (Å²) in [6.45, 7) is 0. The van der Waals surface area contributed by atoms with Gasteiger partial charge in [0.2, 0.25) is 0 Å². The maximum Gasteiger partial charge on any atom is 0.198 e. The third-order valence-electron chi connectivity index (χ3n) is 4.26. The first-order valence-electron chi connectivity index (χ1n) is 6.21. The monoisotopic (exact) mass is 248 g/mol. The molecule has 5 heteroatoms. The van der Waals surface area contributed by atoms with Crippen molar-refractivity contribution in [3.63, 3.8) is 0 Å². The molecule has 2 fully saturated rings. The maximum absolute atomic E-state index is 6.01. The summed E-state index contributed by atoms with van der Waals surface area (Å²) in [4.78, 5) is 4.03. The van der Waals surface area contributed by atoms with Crippen LogP contribution in [0.1, 0.15) is 37.4 Å². The van der Waals surface area contributed by atoms with E-state index in [0.29, 0.717) is 16.7 Å². The normalized spacial score (nSPS) is 31.5. The predicted octanol–water partition coefficient (Wildman–Crippen LogP) is 2.68. The zero-order chi connectivity index (χ0) is 11.4. The van der Waals surface area contributed by atoms with E-state index in [-0.39, 0.29) is 0 Å². The van der Waals surface area contributed by atoms with Gasteiger partial charge in [-0.2, -0.15) is 0 Å². The van der Waals surface area contributed by atoms with Crippen LogP contribution >= 0.6 is 11.6 Å². The Morgan fingerprint density at radius 3 is 2.71 bits per heavy atom. The molecule has 2 aromatic rings. The molecular weight excluding hydrogens is 236 g/mol. The van der Waals surface area contributed by atoms with Crippen molar-refractivity contribution in [3.8, 4) is 0 Å². The lowest BCUT2D eigenvalue weighted by molar-refractivity contribution is 0.480. The second-order valence-electron chi connectivity index (χ2n) is 5.11. The van der Waals surface area contributed by atoms with E-state index in [4.69, 9.17) is 11.6 Å². The highest BCUT2D eigenvalue weighted by molar-refractivity contribution is 6.32. The molecule has 88 valence electrons. The zero-order valence-electron chi connectivity index (χ0n) is 9.38. The van der Waals surface area contributed by atoms with Gasteiger partial charge in [-0.15, -0.1) is 10.2 Å². The largest absolute Gasteiger partial charge is 0.282 e. The smallest absolute Gasteiger partial charge is 0.198 e. The number of aromatic nitrogens is 4. The highest BCUT2D eigenvalue weighted by atomic mass is 35.5. The number of hydrogen-bond acceptors (Lipinski definition) is 3. The Kier molecular flexibility index (Phi) is 1.98. The Bertz CT molecular complexity index is 567. The van der Waals surface area contributed by atoms with Crippen molar-refractivity contribution in [3.05, 3.63) is 23.4 Å². The molecule has 2 aliphatic rings. The van der Waals surface area contributed by atoms with Crippen molar-refractivity contribution in [2.24, 2.45) is 11.8 Å². The van der Waals surface area contributed by atoms with Crippen LogP contribution in [0.2, 0.25) is 5.15 Å². The molecule has 0 radical (unpaired) electrons. The molecule has 0 aromatic carbocycles. The summed E-state index contributed by atoms with van der Waals surface area (Å²) in [5.74, 6) is 3.36. The first-order chi connectivity index (χ1) is 8.36. The van der Waals surface area contributed by atoms with Crippen LogP contribution in [0.15, 0.2) is 12.4 Å². The highest BCUT2D eigenvalue weighted by Gasteiger charge is 2.53. The average molecular weight is 249 g/mol. The number of halogens is 1. The Balaban J connectivity index is 1.80. The molecule has 3 atom stereocenters. The lowest BCUT2D eigenvalue weighted by Crippen LogP contribution is -1.95. The van der Waals surface area contributed by atoms with Crippen molar-refractivity contribution in [2.75, 3.05) is 0 Å². The number of nitrogens with zero attached hydrogens (tertiary/aromatic N) is 4. The van der Waals surface area contributed by atoms with Gasteiger partial charge in [0.15, 0.2) is 10.8 Å². The Morgan fingerprint density at radius 1 is 1.18 bits per heavy atom. The molecule has 0 spiro atoms. The third kappa shape index (κ3) is 1.33. The molecule has 0 amide bonds. The molecule has 17 heavy (non-hydrogen) atoms. The molecule has 0 unspecified atom stereocenters. The maximum atomic E-state index is 6.01. The zero-order valence-corrected chi connectivity index (χ0v) is 10.1. The van der Waals surface area contributed by atoms with Crippen LogP contribution < -0.4 is 0 Å². The van der Waals surface area contributed by atoms with Crippen LogP contribution in [0.3, 0.4) is 0 Å². The van der Waals surface area contributed by atoms with Crippen molar-refractivity contribution >= 4 is 17.2 Å². The molecular formula is C12H13ClN4. The van der Waals surface area contributed by atoms with Crippen LogP contribution in [0, 0.1) is 11.8 Å². The number of hydrogen-bond donors (Lipinski definition) is 0. The quantitative estimate of drug-likeness (QED) is 0.779. The van der Waals surface area contributed by atoms with Gasteiger partial charge in [0.05, 0.1) is 0 Å². The first-order valence-corrected chi connectivity index (χ1v) is 6.59. The molecule has 2 saturated carbocycles. The van der Waals surface area contributed by atoms with Crippen molar-refractivity contribution in [1.82, 2.24) is 19.6 Å². The van der Waals surface area contributed by atoms with Gasteiger partial charge in [-0.05, 0) is 24.7 Å². The van der Waals surface area contributed by atoms with E-state index < -0.39 is 0 Å². The minimum Gasteiger partial charge on any atom is -0.282 e. The molecule has 0 saturated heterocycles. The van der Waals surface area contributed by atoms with Gasteiger partial charge in [-0.1, -0.05) is 24.4 Å². The minimum absolute atomic E-state index is 0.440. The molecule has 2 aliphatic carbocycles. The summed E-state index contributed by atoms with van der Waals surface area (Å²) in [7, 11) is 0. The molecule has 0 aliphatic heterocycles. The second-order valence-corrected chi connectivity index (χ2v) is 5.47. The van der Waals surface area contributed by atoms with Crippen molar-refractivity contribution < 1.29 is 0 Å². The van der Waals surface area contributed by atoms with Gasteiger partial charge < -0.3 is 0 Å². The Labute approximate surface area is 104 Å². The van der Waals surface area contributed by atoms with Crippen LogP contribution in [-0.4, -0.2) is 19.6 Å². The number of fused-ring (bicyclic) bond motifs is 2. The second kappa shape index (κ2) is 3.42. The van der Waals surface area contributed by atoms with Crippen LogP contribution in [0.5, 0.6) is 0 Å². The molecule has 0 N–H and O–H groups in total. The van der Waals surface area contributed by atoms with E-state index in [2.05, 4.69) is 15.2 Å². The van der Waals surface area contributed by atoms with Gasteiger partial charge in [-0.3, -0.25) is 4.40 Å². The van der Waals surface area contributed by atoms with E-state index >= 15 is 0 Å². The molecule has 2 aromatic heterocycles. The van der Waals surface area contributed by atoms with E-state index in [1.807, 2.05) is 10.6 Å². The summed E-state index contributed by atoms with van der Waals surface area (Å²) in [5, 5.41) is 8.93. The number of rotatable bonds is 1. The summed E-state index contributed by atoms with van der Waals surface area (Å²) in [6, 6.07) is 0. The Morgan fingerprint density at radius 2 is 1.94 bits per heavy atom. The summed E-state index contributed by atoms with van der Waals surface area (Å²) in [6.07, 6.45) is 9.08. The lowest BCUT2D eigenvalue weighted by Gasteiger charge is -2.04. The molecule has 4 rings (SSSR count). The van der Waals surface area contributed by atoms with E-state index in [9.17, 15) is 0 Å². The molecule has 2 heterocycles. The van der Waals surface area contributed by atoms with E-state index in [1.54, 1.807) is 6.20 Å². The van der Waals surface area contributed by atoms with Crippen LogP contribution in [0.25, 0.3) is 5.65 Å². The molecule has 0 bridgehead atoms. The summed E-state index contributed by atoms with van der Waals surface area (Å²) >= 11 is 6.01. The summed E-state index contributed by atoms with van der Waals surface area (Å²) in [5.41, 5.74) is 0.688. The Hall–Kier alpha value is -1.16. The topological polar surface area (TPSA) is 43.1 Å². The van der Waals surface area contributed by atoms with Crippen molar-refractivity contribution in [2.45, 2.75) is 31.6 Å². The predicted molar refractivity (Wildman–Crippen MR) is 64.0 cm³/mol. The molecule has 4 nitrogen and oxygen atoms in total. The van der Waals surface area contributed by atoms with Gasteiger partial charge in [0.1, 0.15) is 5.82 Å². The van der Waals surface area contributed by atoms with Gasteiger partial charge in [0, 0.05) is 18.3 Å². The lowest BCUT2D eigenvalue weighted by atomic mass is 10.0. The fourth-order valence-corrected chi connectivity index (χ4v) is 3.60. The fraction of sp³-hybridized carbons (Fsp3) is 0.583. The van der Waals surface area contributed by atoms with Gasteiger partial charge in [0.25, 0.3) is 0 Å².